The number of piperidine rings is 1. The van der Waals surface area contributed by atoms with Gasteiger partial charge < -0.3 is 10.6 Å². The minimum atomic E-state index is 0.682. The van der Waals surface area contributed by atoms with Gasteiger partial charge in [-0.05, 0) is 79.0 Å². The molecule has 0 unspecified atom stereocenters. The lowest BCUT2D eigenvalue weighted by atomic mass is 9.97. The number of nitrogens with zero attached hydrogens (tertiary/aromatic N) is 2. The Hall–Kier alpha value is -3.37. The number of benzene rings is 3. The van der Waals surface area contributed by atoms with Crippen molar-refractivity contribution in [2.45, 2.75) is 25.8 Å². The van der Waals surface area contributed by atoms with Gasteiger partial charge in [0.25, 0.3) is 0 Å². The molecule has 4 nitrogen and oxygen atoms in total. The van der Waals surface area contributed by atoms with Gasteiger partial charge in [-0.25, -0.2) is 0 Å². The third kappa shape index (κ3) is 5.09. The first kappa shape index (κ1) is 20.5. The van der Waals surface area contributed by atoms with E-state index in [-0.39, 0.29) is 0 Å². The van der Waals surface area contributed by atoms with Crippen LogP contribution in [0.2, 0.25) is 0 Å². The SMILES string of the molecule is C1=NCC(=CNc2ccc(CN3CCCCC3)cc2)c2cc(Nc3ccccc3)ccc21. The predicted octanol–water partition coefficient (Wildman–Crippen LogP) is 6.30. The van der Waals surface area contributed by atoms with E-state index in [9.17, 15) is 0 Å². The number of nitrogens with one attached hydrogen (secondary N) is 2. The smallest absolute Gasteiger partial charge is 0.0660 e. The lowest BCUT2D eigenvalue weighted by molar-refractivity contribution is 0.221. The summed E-state index contributed by atoms with van der Waals surface area (Å²) in [6, 6.07) is 25.6. The Morgan fingerprint density at radius 1 is 0.812 bits per heavy atom. The average molecular weight is 423 g/mol. The lowest BCUT2D eigenvalue weighted by Crippen LogP contribution is -2.29. The molecule has 162 valence electrons. The van der Waals surface area contributed by atoms with Crippen LogP contribution in [-0.2, 0) is 6.54 Å². The Morgan fingerprint density at radius 3 is 2.41 bits per heavy atom. The van der Waals surface area contributed by atoms with E-state index < -0.39 is 0 Å². The summed E-state index contributed by atoms with van der Waals surface area (Å²) in [5, 5.41) is 6.98. The van der Waals surface area contributed by atoms with Gasteiger partial charge in [-0.15, -0.1) is 0 Å². The Morgan fingerprint density at radius 2 is 1.59 bits per heavy atom. The standard InChI is InChI=1S/C28H30N4/c1-3-7-26(8-4-1)31-27-14-11-23-18-29-19-24(28(23)17-27)20-30-25-12-9-22(10-13-25)21-32-15-5-2-6-16-32/h1,3-4,7-14,17-18,20,30-31H,2,5-6,15-16,19,21H2. The minimum absolute atomic E-state index is 0.682. The molecule has 2 heterocycles. The number of rotatable bonds is 6. The van der Waals surface area contributed by atoms with Crippen molar-refractivity contribution in [3.8, 4) is 0 Å². The highest BCUT2D eigenvalue weighted by atomic mass is 15.1. The van der Waals surface area contributed by atoms with Crippen molar-refractivity contribution >= 4 is 28.8 Å². The highest BCUT2D eigenvalue weighted by molar-refractivity contribution is 5.93. The molecule has 5 rings (SSSR count). The van der Waals surface area contributed by atoms with Crippen molar-refractivity contribution in [3.63, 3.8) is 0 Å². The van der Waals surface area contributed by atoms with Gasteiger partial charge in [0.1, 0.15) is 0 Å². The molecule has 0 aromatic heterocycles. The second kappa shape index (κ2) is 9.84. The topological polar surface area (TPSA) is 39.7 Å². The molecule has 32 heavy (non-hydrogen) atoms. The first-order valence-corrected chi connectivity index (χ1v) is 11.6. The molecular weight excluding hydrogens is 392 g/mol. The molecule has 0 aliphatic carbocycles. The highest BCUT2D eigenvalue weighted by Crippen LogP contribution is 2.27. The van der Waals surface area contributed by atoms with Gasteiger partial charge in [0.2, 0.25) is 0 Å². The van der Waals surface area contributed by atoms with E-state index in [1.165, 1.54) is 49.1 Å². The largest absolute Gasteiger partial charge is 0.361 e. The maximum Gasteiger partial charge on any atom is 0.0660 e. The molecule has 3 aromatic carbocycles. The number of anilines is 3. The first-order chi connectivity index (χ1) is 15.8. The number of fused-ring (bicyclic) bond motifs is 1. The van der Waals surface area contributed by atoms with Gasteiger partial charge in [0.15, 0.2) is 0 Å². The summed E-state index contributed by atoms with van der Waals surface area (Å²) in [7, 11) is 0. The number of hydrogen-bond donors (Lipinski definition) is 2. The van der Waals surface area contributed by atoms with E-state index in [4.69, 9.17) is 0 Å². The summed E-state index contributed by atoms with van der Waals surface area (Å²) in [6.45, 7) is 4.20. The van der Waals surface area contributed by atoms with E-state index in [2.05, 4.69) is 81.3 Å². The van der Waals surface area contributed by atoms with E-state index in [1.54, 1.807) is 0 Å². The van der Waals surface area contributed by atoms with Crippen LogP contribution in [0.1, 0.15) is 36.0 Å². The van der Waals surface area contributed by atoms with Crippen molar-refractivity contribution in [1.82, 2.24) is 4.90 Å². The Labute approximate surface area is 190 Å². The van der Waals surface area contributed by atoms with Gasteiger partial charge in [-0.1, -0.05) is 42.8 Å². The first-order valence-electron chi connectivity index (χ1n) is 11.6. The van der Waals surface area contributed by atoms with Crippen molar-refractivity contribution in [3.05, 3.63) is 95.7 Å². The molecule has 4 heteroatoms. The van der Waals surface area contributed by atoms with Crippen molar-refractivity contribution in [1.29, 1.82) is 0 Å². The molecule has 2 aliphatic heterocycles. The summed E-state index contributed by atoms with van der Waals surface area (Å²) >= 11 is 0. The van der Waals surface area contributed by atoms with Crippen molar-refractivity contribution in [2.24, 2.45) is 4.99 Å². The molecule has 0 saturated carbocycles. The normalized spacial score (nSPS) is 17.2. The Bertz CT molecular complexity index is 1090. The van der Waals surface area contributed by atoms with E-state index in [1.807, 2.05) is 24.4 Å². The lowest BCUT2D eigenvalue weighted by Gasteiger charge is -2.26. The van der Waals surface area contributed by atoms with Crippen LogP contribution in [0.25, 0.3) is 5.57 Å². The molecule has 2 aliphatic rings. The zero-order valence-electron chi connectivity index (χ0n) is 18.4. The second-order valence-electron chi connectivity index (χ2n) is 8.61. The monoisotopic (exact) mass is 422 g/mol. The number of hydrogen-bond acceptors (Lipinski definition) is 4. The van der Waals surface area contributed by atoms with Crippen molar-refractivity contribution in [2.75, 3.05) is 30.3 Å². The van der Waals surface area contributed by atoms with Gasteiger partial charge in [-0.2, -0.15) is 0 Å². The predicted molar refractivity (Wildman–Crippen MR) is 136 cm³/mol. The van der Waals surface area contributed by atoms with E-state index in [0.29, 0.717) is 6.54 Å². The zero-order chi connectivity index (χ0) is 21.6. The van der Waals surface area contributed by atoms with Crippen LogP contribution >= 0.6 is 0 Å². The fourth-order valence-corrected chi connectivity index (χ4v) is 4.42. The van der Waals surface area contributed by atoms with Gasteiger partial charge in [0.05, 0.1) is 6.54 Å². The number of likely N-dealkylation sites (tertiary alicyclic amines) is 1. The third-order valence-electron chi connectivity index (χ3n) is 6.18. The molecule has 3 aromatic rings. The molecule has 0 radical (unpaired) electrons. The highest BCUT2D eigenvalue weighted by Gasteiger charge is 2.13. The van der Waals surface area contributed by atoms with E-state index in [0.717, 1.165) is 29.2 Å². The second-order valence-corrected chi connectivity index (χ2v) is 8.61. The number of aliphatic imine (C=N–C) groups is 1. The molecule has 0 atom stereocenters. The van der Waals surface area contributed by atoms with Crippen LogP contribution in [-0.4, -0.2) is 30.7 Å². The average Bonchev–Trinajstić information content (AvgIpc) is 2.85. The van der Waals surface area contributed by atoms with Gasteiger partial charge in [-0.3, -0.25) is 9.89 Å². The maximum atomic E-state index is 4.55. The quantitative estimate of drug-likeness (QED) is 0.489. The van der Waals surface area contributed by atoms with Gasteiger partial charge >= 0.3 is 0 Å². The molecule has 2 N–H and O–H groups in total. The zero-order valence-corrected chi connectivity index (χ0v) is 18.4. The number of para-hydroxylation sites is 1. The van der Waals surface area contributed by atoms with Crippen LogP contribution < -0.4 is 10.6 Å². The molecule has 0 bridgehead atoms. The molecule has 0 spiro atoms. The summed E-state index contributed by atoms with van der Waals surface area (Å²) in [5.41, 5.74) is 8.22. The summed E-state index contributed by atoms with van der Waals surface area (Å²) in [4.78, 5) is 7.11. The van der Waals surface area contributed by atoms with Crippen molar-refractivity contribution < 1.29 is 0 Å². The summed E-state index contributed by atoms with van der Waals surface area (Å²) in [5.74, 6) is 0. The van der Waals surface area contributed by atoms with Gasteiger partial charge in [0, 0.05) is 41.6 Å². The Balaban J connectivity index is 1.27. The van der Waals surface area contributed by atoms with Crippen LogP contribution in [0, 0.1) is 0 Å². The Kier molecular flexibility index (Phi) is 6.31. The molecule has 1 saturated heterocycles. The summed E-state index contributed by atoms with van der Waals surface area (Å²) in [6.07, 6.45) is 8.11. The molecular formula is C28H30N4. The minimum Gasteiger partial charge on any atom is -0.361 e. The fraction of sp³-hybridized carbons (Fsp3) is 0.250. The third-order valence-corrected chi connectivity index (χ3v) is 6.18. The van der Waals surface area contributed by atoms with Crippen LogP contribution in [0.5, 0.6) is 0 Å². The fourth-order valence-electron chi connectivity index (χ4n) is 4.42. The van der Waals surface area contributed by atoms with Crippen LogP contribution in [0.15, 0.2) is 84.0 Å². The molecule has 0 amide bonds. The molecule has 1 fully saturated rings. The van der Waals surface area contributed by atoms with Crippen LogP contribution in [0.4, 0.5) is 17.1 Å². The van der Waals surface area contributed by atoms with E-state index >= 15 is 0 Å². The summed E-state index contributed by atoms with van der Waals surface area (Å²) < 4.78 is 0. The van der Waals surface area contributed by atoms with Crippen LogP contribution in [0.3, 0.4) is 0 Å². The maximum absolute atomic E-state index is 4.55.